The summed E-state index contributed by atoms with van der Waals surface area (Å²) in [6, 6.07) is 18.6. The summed E-state index contributed by atoms with van der Waals surface area (Å²) >= 11 is 26.5. The first-order chi connectivity index (χ1) is 27.1. The number of nitrogens with zero attached hydrogens (tertiary/aromatic N) is 2. The Morgan fingerprint density at radius 3 is 1.19 bits per heavy atom. The smallest absolute Gasteiger partial charge is 0.338 e. The summed E-state index contributed by atoms with van der Waals surface area (Å²) in [4.78, 5) is 75.3. The van der Waals surface area contributed by atoms with E-state index in [9.17, 15) is 28.8 Å². The van der Waals surface area contributed by atoms with E-state index >= 15 is 0 Å². The summed E-state index contributed by atoms with van der Waals surface area (Å²) < 4.78 is 22.2. The number of hydrogen-bond donors (Lipinski definition) is 0. The molecule has 0 aromatic heterocycles. The van der Waals surface area contributed by atoms with Gasteiger partial charge in [0.25, 0.3) is 23.6 Å². The Hall–Kier alpha value is -5.66. The van der Waals surface area contributed by atoms with Crippen LogP contribution in [0.4, 0.5) is 11.4 Å². The van der Waals surface area contributed by atoms with Crippen LogP contribution in [0.2, 0.25) is 20.1 Å². The number of amides is 4. The van der Waals surface area contributed by atoms with Gasteiger partial charge in [-0.15, -0.1) is 0 Å². The van der Waals surface area contributed by atoms with E-state index in [0.29, 0.717) is 11.1 Å². The summed E-state index contributed by atoms with van der Waals surface area (Å²) in [5, 5.41) is 0.802. The lowest BCUT2D eigenvalue weighted by Crippen LogP contribution is -2.29. The molecule has 2 aliphatic rings. The minimum absolute atomic E-state index is 0.0827. The van der Waals surface area contributed by atoms with Gasteiger partial charge in [-0.25, -0.2) is 19.4 Å². The van der Waals surface area contributed by atoms with Crippen molar-refractivity contribution >= 4 is 93.3 Å². The average Bonchev–Trinajstić information content (AvgIpc) is 3.70. The molecule has 2 heterocycles. The van der Waals surface area contributed by atoms with Crippen molar-refractivity contribution in [3.8, 4) is 11.5 Å². The number of ether oxygens (including phenoxy) is 4. The van der Waals surface area contributed by atoms with Crippen LogP contribution in [0.15, 0.2) is 97.1 Å². The summed E-state index contributed by atoms with van der Waals surface area (Å²) in [5.41, 5.74) is 1.43. The minimum Gasteiger partial charge on any atom is -0.487 e. The lowest BCUT2D eigenvalue weighted by molar-refractivity contribution is -0.121. The third kappa shape index (κ3) is 9.00. The Kier molecular flexibility index (Phi) is 12.4. The van der Waals surface area contributed by atoms with E-state index in [1.807, 2.05) is 13.8 Å². The molecule has 4 aromatic rings. The van der Waals surface area contributed by atoms with Crippen LogP contribution in [-0.2, 0) is 34.1 Å². The zero-order valence-corrected chi connectivity index (χ0v) is 33.1. The fraction of sp³-hybridized carbons (Fsp3) is 0.171. The van der Waals surface area contributed by atoms with Crippen LogP contribution in [0.3, 0.4) is 0 Å². The summed E-state index contributed by atoms with van der Waals surface area (Å²) in [6.07, 6.45) is 4.60. The molecule has 4 amide bonds. The lowest BCUT2D eigenvalue weighted by Gasteiger charge is -2.28. The van der Waals surface area contributed by atoms with Gasteiger partial charge in [-0.05, 0) is 71.8 Å². The zero-order valence-electron chi connectivity index (χ0n) is 30.1. The molecule has 6 rings (SSSR count). The summed E-state index contributed by atoms with van der Waals surface area (Å²) in [6.45, 7) is 3.35. The highest BCUT2D eigenvalue weighted by Crippen LogP contribution is 2.44. The molecule has 2 aliphatic heterocycles. The van der Waals surface area contributed by atoms with Crippen molar-refractivity contribution in [2.75, 3.05) is 36.2 Å². The van der Waals surface area contributed by atoms with Crippen LogP contribution >= 0.6 is 46.4 Å². The second kappa shape index (κ2) is 17.2. The quantitative estimate of drug-likeness (QED) is 0.0696. The highest BCUT2D eigenvalue weighted by atomic mass is 35.5. The Labute approximate surface area is 346 Å². The number of esters is 2. The molecule has 0 saturated heterocycles. The largest absolute Gasteiger partial charge is 0.487 e. The van der Waals surface area contributed by atoms with E-state index in [0.717, 1.165) is 34.1 Å². The molecular weight excluding hydrogens is 822 g/mol. The van der Waals surface area contributed by atoms with Crippen LogP contribution in [0.1, 0.15) is 45.7 Å². The first-order valence-corrected chi connectivity index (χ1v) is 18.6. The number of imide groups is 2. The predicted octanol–water partition coefficient (Wildman–Crippen LogP) is 7.96. The van der Waals surface area contributed by atoms with Crippen molar-refractivity contribution in [3.05, 3.63) is 139 Å². The van der Waals surface area contributed by atoms with E-state index in [2.05, 4.69) is 0 Å². The van der Waals surface area contributed by atoms with E-state index in [1.165, 1.54) is 48.5 Å². The Morgan fingerprint density at radius 2 is 0.860 bits per heavy atom. The number of anilines is 2. The fourth-order valence-electron chi connectivity index (χ4n) is 5.86. The van der Waals surface area contributed by atoms with E-state index < -0.39 is 41.0 Å². The van der Waals surface area contributed by atoms with E-state index in [4.69, 9.17) is 65.4 Å². The molecule has 0 saturated carbocycles. The van der Waals surface area contributed by atoms with Crippen LogP contribution in [0, 0.1) is 0 Å². The minimum atomic E-state index is -0.730. The van der Waals surface area contributed by atoms with Gasteiger partial charge in [-0.3, -0.25) is 19.2 Å². The van der Waals surface area contributed by atoms with Gasteiger partial charge in [0.1, 0.15) is 26.4 Å². The SMILES string of the molecule is CC(C)(c1cc(Cl)c(OCCOC(=O)c2cccc(N3C(=O)C=CC3=O)c2)c(Cl)c1)c1cc(Cl)c(OCCOC(=O)c2cccc(N3C(=O)C=CC3=O)c2)c(Cl)c1. The summed E-state index contributed by atoms with van der Waals surface area (Å²) in [5.74, 6) is -3.05. The lowest BCUT2D eigenvalue weighted by atomic mass is 9.78. The fourth-order valence-corrected chi connectivity index (χ4v) is 7.05. The van der Waals surface area contributed by atoms with Crippen molar-refractivity contribution in [3.63, 3.8) is 0 Å². The molecule has 12 nitrogen and oxygen atoms in total. The van der Waals surface area contributed by atoms with E-state index in [1.54, 1.807) is 24.3 Å². The van der Waals surface area contributed by atoms with Gasteiger partial charge >= 0.3 is 11.9 Å². The van der Waals surface area contributed by atoms with Crippen LogP contribution in [0.25, 0.3) is 0 Å². The molecule has 0 N–H and O–H groups in total. The Balaban J connectivity index is 1.02. The standard InChI is InChI=1S/C41H30Cl4N2O10/c1-41(2,25-19-29(42)37(30(43)20-25)54-13-15-56-39(52)23-5-3-7-27(17-23)46-33(48)9-10-34(46)49)26-21-31(44)38(32(45)22-26)55-14-16-57-40(53)24-6-4-8-28(18-24)47-35(50)11-12-36(47)51/h3-12,17-22H,13-16H2,1-2H3. The maximum Gasteiger partial charge on any atom is 0.338 e. The average molecular weight is 853 g/mol. The third-order valence-corrected chi connectivity index (χ3v) is 9.99. The number of rotatable bonds is 14. The van der Waals surface area contributed by atoms with Gasteiger partial charge in [-0.1, -0.05) is 72.4 Å². The number of halogens is 4. The van der Waals surface area contributed by atoms with Crippen molar-refractivity contribution in [1.29, 1.82) is 0 Å². The molecule has 16 heteroatoms. The first kappa shape index (κ1) is 41.0. The molecule has 0 radical (unpaired) electrons. The maximum absolute atomic E-state index is 12.7. The van der Waals surface area contributed by atoms with E-state index in [-0.39, 0.29) is 80.5 Å². The maximum atomic E-state index is 12.7. The first-order valence-electron chi connectivity index (χ1n) is 17.1. The highest BCUT2D eigenvalue weighted by molar-refractivity contribution is 6.38. The summed E-state index contributed by atoms with van der Waals surface area (Å²) in [7, 11) is 0. The Morgan fingerprint density at radius 1 is 0.526 bits per heavy atom. The number of carbonyl (C=O) groups excluding carboxylic acids is 6. The monoisotopic (exact) mass is 850 g/mol. The van der Waals surface area contributed by atoms with Crippen LogP contribution < -0.4 is 19.3 Å². The number of benzene rings is 4. The van der Waals surface area contributed by atoms with Crippen LogP contribution in [-0.4, -0.2) is 62.0 Å². The molecule has 0 spiro atoms. The highest BCUT2D eigenvalue weighted by Gasteiger charge is 2.29. The molecule has 0 fully saturated rings. The third-order valence-electron chi connectivity index (χ3n) is 8.86. The van der Waals surface area contributed by atoms with Gasteiger partial charge in [0.15, 0.2) is 11.5 Å². The Bertz CT molecular complexity index is 2150. The molecular formula is C41H30Cl4N2O10. The molecule has 0 bridgehead atoms. The molecule has 0 aliphatic carbocycles. The topological polar surface area (TPSA) is 146 Å². The van der Waals surface area contributed by atoms with Gasteiger partial charge in [0.2, 0.25) is 0 Å². The van der Waals surface area contributed by atoms with Gasteiger partial charge < -0.3 is 18.9 Å². The number of carbonyl (C=O) groups is 6. The van der Waals surface area contributed by atoms with Gasteiger partial charge in [0.05, 0.1) is 42.6 Å². The van der Waals surface area contributed by atoms with Crippen molar-refractivity contribution in [2.24, 2.45) is 0 Å². The van der Waals surface area contributed by atoms with Crippen molar-refractivity contribution in [2.45, 2.75) is 19.3 Å². The second-order valence-electron chi connectivity index (χ2n) is 12.9. The second-order valence-corrected chi connectivity index (χ2v) is 14.6. The normalized spacial score (nSPS) is 13.8. The molecule has 0 unspecified atom stereocenters. The predicted molar refractivity (Wildman–Crippen MR) is 213 cm³/mol. The molecule has 57 heavy (non-hydrogen) atoms. The van der Waals surface area contributed by atoms with Crippen LogP contribution in [0.5, 0.6) is 11.5 Å². The van der Waals surface area contributed by atoms with Gasteiger partial charge in [-0.2, -0.15) is 0 Å². The zero-order chi connectivity index (χ0) is 41.0. The van der Waals surface area contributed by atoms with Crippen molar-refractivity contribution < 1.29 is 47.7 Å². The molecule has 4 aromatic carbocycles. The molecule has 0 atom stereocenters. The van der Waals surface area contributed by atoms with Crippen molar-refractivity contribution in [1.82, 2.24) is 0 Å². The van der Waals surface area contributed by atoms with Gasteiger partial charge in [0, 0.05) is 29.7 Å². The number of hydrogen-bond acceptors (Lipinski definition) is 10. The molecule has 292 valence electrons.